The molecule has 0 fully saturated rings. The summed E-state index contributed by atoms with van der Waals surface area (Å²) in [5.74, 6) is -0.223. The third-order valence-corrected chi connectivity index (χ3v) is 6.03. The molecule has 0 aliphatic carbocycles. The molecular weight excluding hydrogens is 398 g/mol. The Morgan fingerprint density at radius 2 is 1.47 bits per heavy atom. The van der Waals surface area contributed by atoms with Gasteiger partial charge in [0.15, 0.2) is 0 Å². The van der Waals surface area contributed by atoms with Gasteiger partial charge in [-0.05, 0) is 61.0 Å². The number of nitrogens with one attached hydrogen (secondary N) is 2. The normalized spacial score (nSPS) is 11.0. The molecule has 156 valence electrons. The van der Waals surface area contributed by atoms with Crippen molar-refractivity contribution in [3.63, 3.8) is 0 Å². The van der Waals surface area contributed by atoms with E-state index in [9.17, 15) is 13.2 Å². The summed E-state index contributed by atoms with van der Waals surface area (Å²) in [6.07, 6.45) is 0. The monoisotopic (exact) mass is 423 g/mol. The first-order chi connectivity index (χ1) is 14.2. The van der Waals surface area contributed by atoms with E-state index < -0.39 is 10.0 Å². The van der Waals surface area contributed by atoms with Crippen LogP contribution in [0.5, 0.6) is 0 Å². The van der Waals surface area contributed by atoms with E-state index in [-0.39, 0.29) is 10.8 Å². The van der Waals surface area contributed by atoms with Crippen LogP contribution in [-0.4, -0.2) is 28.4 Å². The van der Waals surface area contributed by atoms with Gasteiger partial charge in [-0.3, -0.25) is 9.52 Å². The number of carbonyl (C=O) groups excluding carboxylic acids is 1. The number of sulfonamides is 1. The number of amides is 1. The molecule has 3 aromatic rings. The molecule has 0 heterocycles. The third kappa shape index (κ3) is 5.39. The van der Waals surface area contributed by atoms with E-state index >= 15 is 0 Å². The zero-order valence-electron chi connectivity index (χ0n) is 17.2. The number of hydrogen-bond donors (Lipinski definition) is 2. The molecule has 3 aromatic carbocycles. The highest BCUT2D eigenvalue weighted by Crippen LogP contribution is 2.17. The van der Waals surface area contributed by atoms with Gasteiger partial charge in [-0.15, -0.1) is 0 Å². The van der Waals surface area contributed by atoms with Gasteiger partial charge >= 0.3 is 0 Å². The fourth-order valence-electron chi connectivity index (χ4n) is 2.82. The average molecular weight is 424 g/mol. The van der Waals surface area contributed by atoms with E-state index in [0.29, 0.717) is 17.8 Å². The summed E-state index contributed by atoms with van der Waals surface area (Å²) < 4.78 is 27.5. The molecule has 0 atom stereocenters. The summed E-state index contributed by atoms with van der Waals surface area (Å²) in [7, 11) is 0.274. The van der Waals surface area contributed by atoms with Gasteiger partial charge in [0.05, 0.1) is 4.90 Å². The fraction of sp³-hybridized carbons (Fsp3) is 0.174. The summed E-state index contributed by atoms with van der Waals surface area (Å²) in [6.45, 7) is 2.31. The Kier molecular flexibility index (Phi) is 6.42. The lowest BCUT2D eigenvalue weighted by molar-refractivity contribution is 0.0951. The van der Waals surface area contributed by atoms with Crippen LogP contribution in [0.2, 0.25) is 0 Å². The van der Waals surface area contributed by atoms with Gasteiger partial charge in [0.2, 0.25) is 0 Å². The third-order valence-electron chi connectivity index (χ3n) is 4.64. The van der Waals surface area contributed by atoms with Crippen LogP contribution in [0.15, 0.2) is 77.7 Å². The van der Waals surface area contributed by atoms with E-state index in [4.69, 9.17) is 0 Å². The molecule has 0 aliphatic rings. The van der Waals surface area contributed by atoms with Gasteiger partial charge in [-0.2, -0.15) is 0 Å². The van der Waals surface area contributed by atoms with Crippen molar-refractivity contribution in [2.45, 2.75) is 18.4 Å². The van der Waals surface area contributed by atoms with Crippen LogP contribution in [0.3, 0.4) is 0 Å². The Morgan fingerprint density at radius 1 is 0.867 bits per heavy atom. The summed E-state index contributed by atoms with van der Waals surface area (Å²) >= 11 is 0. The Morgan fingerprint density at radius 3 is 2.03 bits per heavy atom. The second-order valence-electron chi connectivity index (χ2n) is 7.24. The number of anilines is 2. The zero-order chi connectivity index (χ0) is 21.7. The Balaban J connectivity index is 1.60. The molecule has 0 aliphatic heterocycles. The highest BCUT2D eigenvalue weighted by molar-refractivity contribution is 7.92. The first kappa shape index (κ1) is 21.4. The van der Waals surface area contributed by atoms with E-state index in [1.807, 2.05) is 50.2 Å². The van der Waals surface area contributed by atoms with Gasteiger partial charge in [-0.25, -0.2) is 8.42 Å². The molecule has 0 spiro atoms. The SMILES string of the molecule is Cc1ccc(S(=O)(=O)Nc2ccc(C(=O)NCc3ccc(N(C)C)cc3)cc2)cc1. The van der Waals surface area contributed by atoms with Crippen LogP contribution >= 0.6 is 0 Å². The molecule has 0 radical (unpaired) electrons. The van der Waals surface area contributed by atoms with E-state index in [1.54, 1.807) is 48.5 Å². The summed E-state index contributed by atoms with van der Waals surface area (Å²) in [5.41, 5.74) is 3.92. The molecule has 0 saturated carbocycles. The minimum atomic E-state index is -3.67. The van der Waals surface area contributed by atoms with Crippen molar-refractivity contribution in [2.24, 2.45) is 0 Å². The topological polar surface area (TPSA) is 78.5 Å². The minimum absolute atomic E-state index is 0.190. The maximum atomic E-state index is 12.5. The highest BCUT2D eigenvalue weighted by atomic mass is 32.2. The number of nitrogens with zero attached hydrogens (tertiary/aromatic N) is 1. The summed E-state index contributed by atoms with van der Waals surface area (Å²) in [4.78, 5) is 14.6. The molecule has 3 rings (SSSR count). The van der Waals surface area contributed by atoms with Crippen molar-refractivity contribution in [3.05, 3.63) is 89.5 Å². The lowest BCUT2D eigenvalue weighted by atomic mass is 10.1. The molecule has 1 amide bonds. The van der Waals surface area contributed by atoms with E-state index in [2.05, 4.69) is 10.0 Å². The Labute approximate surface area is 177 Å². The van der Waals surface area contributed by atoms with Crippen molar-refractivity contribution < 1.29 is 13.2 Å². The maximum absolute atomic E-state index is 12.5. The van der Waals surface area contributed by atoms with Crippen LogP contribution in [0.25, 0.3) is 0 Å². The van der Waals surface area contributed by atoms with Crippen LogP contribution in [0.1, 0.15) is 21.5 Å². The van der Waals surface area contributed by atoms with Crippen LogP contribution in [-0.2, 0) is 16.6 Å². The van der Waals surface area contributed by atoms with Gasteiger partial charge < -0.3 is 10.2 Å². The number of aryl methyl sites for hydroxylation is 1. The van der Waals surface area contributed by atoms with Crippen molar-refractivity contribution in [2.75, 3.05) is 23.7 Å². The quantitative estimate of drug-likeness (QED) is 0.606. The van der Waals surface area contributed by atoms with Crippen LogP contribution in [0.4, 0.5) is 11.4 Å². The number of carbonyl (C=O) groups is 1. The first-order valence-electron chi connectivity index (χ1n) is 9.48. The van der Waals surface area contributed by atoms with Crippen molar-refractivity contribution in [3.8, 4) is 0 Å². The molecular formula is C23H25N3O3S. The minimum Gasteiger partial charge on any atom is -0.378 e. The molecule has 7 heteroatoms. The van der Waals surface area contributed by atoms with Gasteiger partial charge in [0.1, 0.15) is 0 Å². The average Bonchev–Trinajstić information content (AvgIpc) is 2.73. The largest absolute Gasteiger partial charge is 0.378 e. The van der Waals surface area contributed by atoms with Gasteiger partial charge in [0, 0.05) is 37.6 Å². The molecule has 6 nitrogen and oxygen atoms in total. The van der Waals surface area contributed by atoms with E-state index in [1.165, 1.54) is 0 Å². The van der Waals surface area contributed by atoms with Gasteiger partial charge in [-0.1, -0.05) is 29.8 Å². The molecule has 0 aromatic heterocycles. The van der Waals surface area contributed by atoms with Crippen molar-refractivity contribution >= 4 is 27.3 Å². The second kappa shape index (κ2) is 9.00. The number of rotatable bonds is 7. The predicted molar refractivity (Wildman–Crippen MR) is 120 cm³/mol. The van der Waals surface area contributed by atoms with Crippen molar-refractivity contribution in [1.29, 1.82) is 0 Å². The number of benzene rings is 3. The Hall–Kier alpha value is -3.32. The predicted octanol–water partition coefficient (Wildman–Crippen LogP) is 3.79. The first-order valence-corrected chi connectivity index (χ1v) is 11.0. The molecule has 2 N–H and O–H groups in total. The van der Waals surface area contributed by atoms with E-state index in [0.717, 1.165) is 16.8 Å². The highest BCUT2D eigenvalue weighted by Gasteiger charge is 2.14. The zero-order valence-corrected chi connectivity index (χ0v) is 18.0. The van der Waals surface area contributed by atoms with Gasteiger partial charge in [0.25, 0.3) is 15.9 Å². The van der Waals surface area contributed by atoms with Crippen LogP contribution in [0, 0.1) is 6.92 Å². The lowest BCUT2D eigenvalue weighted by Gasteiger charge is -2.13. The van der Waals surface area contributed by atoms with Crippen LogP contribution < -0.4 is 14.9 Å². The summed E-state index contributed by atoms with van der Waals surface area (Å²) in [5, 5.41) is 2.87. The fourth-order valence-corrected chi connectivity index (χ4v) is 3.88. The smallest absolute Gasteiger partial charge is 0.261 e. The molecule has 0 saturated heterocycles. The molecule has 0 unspecified atom stereocenters. The lowest BCUT2D eigenvalue weighted by Crippen LogP contribution is -2.22. The Bertz CT molecular complexity index is 1110. The second-order valence-corrected chi connectivity index (χ2v) is 8.92. The number of hydrogen-bond acceptors (Lipinski definition) is 4. The molecule has 0 bridgehead atoms. The maximum Gasteiger partial charge on any atom is 0.261 e. The summed E-state index contributed by atoms with van der Waals surface area (Å²) in [6, 6.07) is 20.9. The standard InChI is InChI=1S/C23H25N3O3S/c1-17-4-14-22(15-5-17)30(28,29)25-20-10-8-19(9-11-20)23(27)24-16-18-6-12-21(13-7-18)26(2)3/h4-15,25H,16H2,1-3H3,(H,24,27). The molecule has 30 heavy (non-hydrogen) atoms. The van der Waals surface area contributed by atoms with Crippen molar-refractivity contribution in [1.82, 2.24) is 5.32 Å².